The molecule has 1 saturated heterocycles. The van der Waals surface area contributed by atoms with Crippen LogP contribution in [0.15, 0.2) is 42.7 Å². The van der Waals surface area contributed by atoms with Gasteiger partial charge in [-0.3, -0.25) is 19.9 Å². The number of anilines is 2. The Bertz CT molecular complexity index is 2000. The summed E-state index contributed by atoms with van der Waals surface area (Å²) in [5, 5.41) is 5.70. The van der Waals surface area contributed by atoms with Crippen molar-refractivity contribution in [3.8, 4) is 17.6 Å². The number of carbonyl (C=O) groups excluding carboxylic acids is 3. The highest BCUT2D eigenvalue weighted by Crippen LogP contribution is 2.39. The number of nitrogens with one attached hydrogen (secondary N) is 2. The zero-order valence-electron chi connectivity index (χ0n) is 28.2. The van der Waals surface area contributed by atoms with Crippen LogP contribution in [0.25, 0.3) is 5.57 Å². The number of aryl methyl sites for hydroxylation is 1. The van der Waals surface area contributed by atoms with E-state index in [1.165, 1.54) is 4.90 Å². The number of carbonyl (C=O) groups is 3. The van der Waals surface area contributed by atoms with Crippen molar-refractivity contribution in [2.45, 2.75) is 70.9 Å². The Morgan fingerprint density at radius 1 is 1.24 bits per heavy atom. The maximum absolute atomic E-state index is 13.2. The number of nitrogen functional groups attached to an aromatic ring is 1. The molecule has 2 atom stereocenters. The number of pyridine rings is 1. The van der Waals surface area contributed by atoms with Crippen molar-refractivity contribution < 1.29 is 23.9 Å². The number of methoxy groups -OCH3 is 1. The molecule has 1 aliphatic carbocycles. The third-order valence-corrected chi connectivity index (χ3v) is 9.51. The Labute approximate surface area is 295 Å². The summed E-state index contributed by atoms with van der Waals surface area (Å²) in [6, 6.07) is 4.48. The molecule has 3 amide bonds. The third kappa shape index (κ3) is 7.00. The van der Waals surface area contributed by atoms with E-state index in [0.29, 0.717) is 52.9 Å². The second-order valence-electron chi connectivity index (χ2n) is 12.5. The molecule has 2 aliphatic heterocycles. The SMILES string of the molecule is C=C1CCC(N2Cc3c(NC(=O)OCCC#CC4=CCCC(Cc5ncc(C)c(OC)c5C)c5nc(N)nc(Cl)c54)cccc3C2=O)C(=O)N1. The summed E-state index contributed by atoms with van der Waals surface area (Å²) in [5.41, 5.74) is 13.1. The maximum Gasteiger partial charge on any atom is 0.411 e. The van der Waals surface area contributed by atoms with Crippen LogP contribution in [-0.2, 0) is 22.5 Å². The molecule has 2 unspecified atom stereocenters. The van der Waals surface area contributed by atoms with Crippen LogP contribution in [-0.4, -0.2) is 57.5 Å². The molecule has 0 saturated carbocycles. The Balaban J connectivity index is 1.09. The van der Waals surface area contributed by atoms with E-state index in [2.05, 4.69) is 39.0 Å². The Morgan fingerprint density at radius 3 is 2.84 bits per heavy atom. The lowest BCUT2D eigenvalue weighted by Crippen LogP contribution is -2.49. The Morgan fingerprint density at radius 2 is 2.06 bits per heavy atom. The zero-order valence-corrected chi connectivity index (χ0v) is 28.9. The molecule has 0 bridgehead atoms. The first kappa shape index (κ1) is 34.5. The Hall–Kier alpha value is -5.41. The van der Waals surface area contributed by atoms with E-state index in [0.717, 1.165) is 41.1 Å². The number of nitrogens with zero attached hydrogens (tertiary/aromatic N) is 4. The first-order valence-electron chi connectivity index (χ1n) is 16.4. The van der Waals surface area contributed by atoms with Crippen LogP contribution in [0.3, 0.4) is 0 Å². The van der Waals surface area contributed by atoms with Crippen LogP contribution in [0.4, 0.5) is 16.4 Å². The highest BCUT2D eigenvalue weighted by molar-refractivity contribution is 6.31. The molecule has 50 heavy (non-hydrogen) atoms. The summed E-state index contributed by atoms with van der Waals surface area (Å²) in [7, 11) is 1.66. The minimum Gasteiger partial charge on any atom is -0.496 e. The molecular formula is C37H38ClN7O5. The number of piperidine rings is 1. The van der Waals surface area contributed by atoms with Crippen molar-refractivity contribution in [2.24, 2.45) is 0 Å². The average molecular weight is 696 g/mol. The number of nitrogens with two attached hydrogens (primary N) is 1. The molecular weight excluding hydrogens is 658 g/mol. The fourth-order valence-corrected chi connectivity index (χ4v) is 7.07. The molecule has 4 heterocycles. The smallest absolute Gasteiger partial charge is 0.411 e. The van der Waals surface area contributed by atoms with Gasteiger partial charge in [-0.05, 0) is 58.1 Å². The van der Waals surface area contributed by atoms with Gasteiger partial charge in [-0.2, -0.15) is 0 Å². The number of hydrogen-bond acceptors (Lipinski definition) is 9. The van der Waals surface area contributed by atoms with Gasteiger partial charge in [-0.15, -0.1) is 0 Å². The van der Waals surface area contributed by atoms with Crippen molar-refractivity contribution in [1.82, 2.24) is 25.2 Å². The molecule has 0 radical (unpaired) electrons. The largest absolute Gasteiger partial charge is 0.496 e. The van der Waals surface area contributed by atoms with Gasteiger partial charge in [0.05, 0.1) is 12.8 Å². The highest BCUT2D eigenvalue weighted by atomic mass is 35.5. The predicted octanol–water partition coefficient (Wildman–Crippen LogP) is 5.63. The Kier molecular flexibility index (Phi) is 10.1. The van der Waals surface area contributed by atoms with Gasteiger partial charge in [-0.1, -0.05) is 42.2 Å². The van der Waals surface area contributed by atoms with Gasteiger partial charge < -0.3 is 25.4 Å². The van der Waals surface area contributed by atoms with E-state index in [-0.39, 0.29) is 48.4 Å². The fourth-order valence-electron chi connectivity index (χ4n) is 6.78. The van der Waals surface area contributed by atoms with Crippen molar-refractivity contribution in [3.05, 3.63) is 87.1 Å². The van der Waals surface area contributed by atoms with Crippen molar-refractivity contribution >= 4 is 46.7 Å². The molecule has 1 fully saturated rings. The van der Waals surface area contributed by atoms with Gasteiger partial charge in [0.2, 0.25) is 11.9 Å². The fraction of sp³-hybridized carbons (Fsp3) is 0.351. The number of aromatic nitrogens is 3. The van der Waals surface area contributed by atoms with Gasteiger partial charge in [0.15, 0.2) is 0 Å². The monoisotopic (exact) mass is 695 g/mol. The van der Waals surface area contributed by atoms with E-state index in [9.17, 15) is 14.4 Å². The van der Waals surface area contributed by atoms with E-state index in [1.54, 1.807) is 25.3 Å². The van der Waals surface area contributed by atoms with E-state index in [1.807, 2.05) is 26.1 Å². The van der Waals surface area contributed by atoms with E-state index < -0.39 is 12.1 Å². The third-order valence-electron chi connectivity index (χ3n) is 9.23. The van der Waals surface area contributed by atoms with E-state index >= 15 is 0 Å². The summed E-state index contributed by atoms with van der Waals surface area (Å²) in [5.74, 6) is 6.63. The number of rotatable bonds is 7. The molecule has 0 spiro atoms. The van der Waals surface area contributed by atoms with E-state index in [4.69, 9.17) is 31.8 Å². The van der Waals surface area contributed by atoms with Crippen LogP contribution >= 0.6 is 11.6 Å². The quantitative estimate of drug-likeness (QED) is 0.162. The van der Waals surface area contributed by atoms with Crippen molar-refractivity contribution in [3.63, 3.8) is 0 Å². The number of allylic oxidation sites excluding steroid dienone is 3. The predicted molar refractivity (Wildman–Crippen MR) is 189 cm³/mol. The molecule has 1 aromatic carbocycles. The number of benzene rings is 1. The minimum atomic E-state index is -0.678. The van der Waals surface area contributed by atoms with Crippen LogP contribution in [0.2, 0.25) is 5.15 Å². The maximum atomic E-state index is 13.2. The number of halogens is 1. The summed E-state index contributed by atoms with van der Waals surface area (Å²) in [4.78, 5) is 53.5. The van der Waals surface area contributed by atoms with Gasteiger partial charge in [0, 0.05) is 75.5 Å². The van der Waals surface area contributed by atoms with Crippen molar-refractivity contribution in [1.29, 1.82) is 0 Å². The summed E-state index contributed by atoms with van der Waals surface area (Å²) >= 11 is 6.66. The summed E-state index contributed by atoms with van der Waals surface area (Å²) < 4.78 is 11.0. The van der Waals surface area contributed by atoms with Crippen LogP contribution in [0.1, 0.15) is 82.0 Å². The van der Waals surface area contributed by atoms with Gasteiger partial charge in [-0.25, -0.2) is 14.8 Å². The van der Waals surface area contributed by atoms with Gasteiger partial charge >= 0.3 is 6.09 Å². The second kappa shape index (κ2) is 14.6. The molecule has 6 rings (SSSR count). The number of ether oxygens (including phenoxy) is 2. The van der Waals surface area contributed by atoms with Gasteiger partial charge in [0.25, 0.3) is 5.91 Å². The molecule has 13 heteroatoms. The minimum absolute atomic E-state index is 0.0278. The lowest BCUT2D eigenvalue weighted by atomic mass is 9.90. The molecule has 3 aliphatic rings. The number of amides is 3. The number of fused-ring (bicyclic) bond motifs is 2. The normalized spacial score (nSPS) is 18.2. The first-order chi connectivity index (χ1) is 24.0. The molecule has 3 aromatic rings. The molecule has 12 nitrogen and oxygen atoms in total. The first-order valence-corrected chi connectivity index (χ1v) is 16.8. The molecule has 4 N–H and O–H groups in total. The summed E-state index contributed by atoms with van der Waals surface area (Å²) in [6.07, 6.45) is 6.62. The summed E-state index contributed by atoms with van der Waals surface area (Å²) in [6.45, 7) is 8.00. The lowest BCUT2D eigenvalue weighted by Gasteiger charge is -2.31. The number of hydrogen-bond donors (Lipinski definition) is 3. The second-order valence-corrected chi connectivity index (χ2v) is 12.9. The zero-order chi connectivity index (χ0) is 35.5. The lowest BCUT2D eigenvalue weighted by molar-refractivity contribution is -0.126. The van der Waals surface area contributed by atoms with Crippen LogP contribution < -0.4 is 21.1 Å². The van der Waals surface area contributed by atoms with Gasteiger partial charge in [0.1, 0.15) is 23.6 Å². The standard InChI is InChI=1S/C37H38ClN7O5/c1-20-18-40-28(22(3)32(20)49-4)17-24-11-7-10-23(30-31(24)43-36(39)44-33(30)38)9-5-6-16-50-37(48)42-27-13-8-12-25-26(27)19-45(35(25)47)29-15-14-21(2)41-34(29)46/h8,10,12-13,18,24,29H,2,6-7,11,14-17,19H2,1,3-4H3,(H,41,46)(H,42,48)(H2,39,43,44). The van der Waals surface area contributed by atoms with Crippen LogP contribution in [0.5, 0.6) is 5.75 Å². The van der Waals surface area contributed by atoms with Crippen molar-refractivity contribution in [2.75, 3.05) is 24.8 Å². The van der Waals surface area contributed by atoms with Crippen LogP contribution in [0, 0.1) is 25.7 Å². The topological polar surface area (TPSA) is 162 Å². The average Bonchev–Trinajstić information content (AvgIpc) is 3.30. The molecule has 258 valence electrons. The molecule has 2 aromatic heterocycles. The highest BCUT2D eigenvalue weighted by Gasteiger charge is 2.39.